The maximum absolute atomic E-state index is 12.5. The van der Waals surface area contributed by atoms with Crippen LogP contribution < -0.4 is 5.32 Å². The number of aliphatic carboxylic acids is 1. The molecule has 196 valence electrons. The number of hydrogen-bond donors (Lipinski definition) is 2. The van der Waals surface area contributed by atoms with E-state index in [1.807, 2.05) is 13.0 Å². The minimum atomic E-state index is -5.08. The second-order valence-corrected chi connectivity index (χ2v) is 10.3. The van der Waals surface area contributed by atoms with Gasteiger partial charge in [0.05, 0.1) is 6.54 Å². The fraction of sp³-hybridized carbons (Fsp3) is 0.556. The molecule has 1 unspecified atom stereocenters. The number of likely N-dealkylation sites (tertiary alicyclic amines) is 1. The van der Waals surface area contributed by atoms with Crippen LogP contribution >= 0.6 is 0 Å². The minimum Gasteiger partial charge on any atom is -0.475 e. The Labute approximate surface area is 208 Å². The molecule has 2 aromatic rings. The number of rotatable bonds is 6. The molecule has 2 fully saturated rings. The Balaban J connectivity index is 0.000000384. The second-order valence-electron chi connectivity index (χ2n) is 10.3. The third kappa shape index (κ3) is 6.49. The van der Waals surface area contributed by atoms with E-state index >= 15 is 0 Å². The van der Waals surface area contributed by atoms with Crippen molar-refractivity contribution in [2.45, 2.75) is 69.5 Å². The zero-order chi connectivity index (χ0) is 25.9. The van der Waals surface area contributed by atoms with Gasteiger partial charge < -0.3 is 14.8 Å². The van der Waals surface area contributed by atoms with Crippen LogP contribution in [0.4, 0.5) is 13.2 Å². The summed E-state index contributed by atoms with van der Waals surface area (Å²) in [4.78, 5) is 24.0. The molecule has 0 radical (unpaired) electrons. The molecular formula is C27H33F3N2O4. The number of carbonyl (C=O) groups excluding carboxylic acids is 1. The number of fused-ring (bicyclic) bond motifs is 2. The van der Waals surface area contributed by atoms with Crippen molar-refractivity contribution in [1.82, 2.24) is 10.2 Å². The monoisotopic (exact) mass is 506 g/mol. The highest BCUT2D eigenvalue weighted by Gasteiger charge is 2.45. The van der Waals surface area contributed by atoms with E-state index in [0.29, 0.717) is 12.3 Å². The van der Waals surface area contributed by atoms with Crippen molar-refractivity contribution >= 4 is 11.9 Å². The summed E-state index contributed by atoms with van der Waals surface area (Å²) in [5, 5.41) is 10.3. The highest BCUT2D eigenvalue weighted by molar-refractivity contribution is 5.77. The van der Waals surface area contributed by atoms with Gasteiger partial charge in [-0.1, -0.05) is 24.3 Å². The Bertz CT molecular complexity index is 1070. The van der Waals surface area contributed by atoms with Crippen molar-refractivity contribution in [3.05, 3.63) is 59.0 Å². The summed E-state index contributed by atoms with van der Waals surface area (Å²) >= 11 is 0. The number of nitrogens with one attached hydrogen (secondary N) is 1. The highest BCUT2D eigenvalue weighted by atomic mass is 19.4. The van der Waals surface area contributed by atoms with E-state index in [1.165, 1.54) is 36.8 Å². The van der Waals surface area contributed by atoms with Gasteiger partial charge in [0, 0.05) is 13.0 Å². The van der Waals surface area contributed by atoms with Crippen LogP contribution in [-0.4, -0.2) is 47.7 Å². The number of furan rings is 1. The molecule has 36 heavy (non-hydrogen) atoms. The molecule has 1 spiro atoms. The molecule has 5 rings (SSSR count). The number of hydrogen-bond acceptors (Lipinski definition) is 4. The number of piperidine rings is 1. The maximum atomic E-state index is 12.5. The van der Waals surface area contributed by atoms with E-state index < -0.39 is 12.1 Å². The molecule has 2 aliphatic carbocycles. The van der Waals surface area contributed by atoms with Crippen LogP contribution in [0, 0.1) is 12.8 Å². The normalized spacial score (nSPS) is 20.9. The van der Waals surface area contributed by atoms with Crippen molar-refractivity contribution in [3.8, 4) is 0 Å². The number of carboxylic acid groups (broad SMARTS) is 1. The summed E-state index contributed by atoms with van der Waals surface area (Å²) in [6.07, 6.45) is 1.58. The highest BCUT2D eigenvalue weighted by Crippen LogP contribution is 2.52. The summed E-state index contributed by atoms with van der Waals surface area (Å²) in [5.74, 6) is 0.636. The first-order valence-electron chi connectivity index (χ1n) is 12.5. The summed E-state index contributed by atoms with van der Waals surface area (Å²) in [6.45, 7) is 5.96. The van der Waals surface area contributed by atoms with Crippen LogP contribution in [-0.2, 0) is 21.5 Å². The van der Waals surface area contributed by atoms with Gasteiger partial charge in [0.25, 0.3) is 0 Å². The predicted octanol–water partition coefficient (Wildman–Crippen LogP) is 5.16. The smallest absolute Gasteiger partial charge is 0.475 e. The number of nitrogens with zero attached hydrogens (tertiary/aromatic N) is 1. The number of aryl methyl sites for hydroxylation is 1. The van der Waals surface area contributed by atoms with Crippen LogP contribution in [0.1, 0.15) is 67.1 Å². The van der Waals surface area contributed by atoms with E-state index in [4.69, 9.17) is 14.3 Å². The minimum absolute atomic E-state index is 0.236. The number of benzene rings is 1. The lowest BCUT2D eigenvalue weighted by Gasteiger charge is -2.40. The quantitative estimate of drug-likeness (QED) is 0.566. The largest absolute Gasteiger partial charge is 0.490 e. The Morgan fingerprint density at radius 1 is 1.14 bits per heavy atom. The number of carboxylic acids is 1. The van der Waals surface area contributed by atoms with Gasteiger partial charge in [-0.25, -0.2) is 4.79 Å². The summed E-state index contributed by atoms with van der Waals surface area (Å²) in [5.41, 5.74) is 3.17. The lowest BCUT2D eigenvalue weighted by Crippen LogP contribution is -2.41. The zero-order valence-corrected chi connectivity index (χ0v) is 20.4. The first-order chi connectivity index (χ1) is 17.1. The van der Waals surface area contributed by atoms with Crippen LogP contribution in [0.3, 0.4) is 0 Å². The topological polar surface area (TPSA) is 82.8 Å². The van der Waals surface area contributed by atoms with E-state index in [1.54, 1.807) is 0 Å². The van der Waals surface area contributed by atoms with Gasteiger partial charge in [-0.05, 0) is 92.6 Å². The fourth-order valence-corrected chi connectivity index (χ4v) is 5.49. The van der Waals surface area contributed by atoms with Crippen molar-refractivity contribution in [3.63, 3.8) is 0 Å². The van der Waals surface area contributed by atoms with Gasteiger partial charge in [-0.15, -0.1) is 0 Å². The Kier molecular flexibility index (Phi) is 7.78. The molecule has 6 nitrogen and oxygen atoms in total. The van der Waals surface area contributed by atoms with Crippen molar-refractivity contribution < 1.29 is 32.3 Å². The Hall–Kier alpha value is -2.81. The Morgan fingerprint density at radius 2 is 1.81 bits per heavy atom. The molecule has 1 aliphatic heterocycles. The molecule has 1 aromatic heterocycles. The molecular weight excluding hydrogens is 473 g/mol. The van der Waals surface area contributed by atoms with Crippen LogP contribution in [0.2, 0.25) is 0 Å². The van der Waals surface area contributed by atoms with Gasteiger partial charge in [0.1, 0.15) is 11.5 Å². The zero-order valence-electron chi connectivity index (χ0n) is 20.4. The maximum Gasteiger partial charge on any atom is 0.490 e. The molecule has 2 heterocycles. The van der Waals surface area contributed by atoms with E-state index in [-0.39, 0.29) is 11.3 Å². The van der Waals surface area contributed by atoms with E-state index in [2.05, 4.69) is 40.5 Å². The Morgan fingerprint density at radius 3 is 2.39 bits per heavy atom. The average Bonchev–Trinajstić information content (AvgIpc) is 3.51. The number of amides is 1. The third-order valence-electron chi connectivity index (χ3n) is 7.56. The lowest BCUT2D eigenvalue weighted by atomic mass is 9.73. The molecule has 1 aromatic carbocycles. The van der Waals surface area contributed by atoms with Gasteiger partial charge >= 0.3 is 12.1 Å². The molecule has 2 N–H and O–H groups in total. The number of carbonyl (C=O) groups is 2. The van der Waals surface area contributed by atoms with Crippen LogP contribution in [0.5, 0.6) is 0 Å². The second kappa shape index (κ2) is 10.7. The van der Waals surface area contributed by atoms with Gasteiger partial charge in [-0.2, -0.15) is 13.2 Å². The summed E-state index contributed by atoms with van der Waals surface area (Å²) < 4.78 is 37.5. The molecule has 9 heteroatoms. The molecule has 3 aliphatic rings. The van der Waals surface area contributed by atoms with Crippen molar-refractivity contribution in [2.24, 2.45) is 5.92 Å². The first-order valence-corrected chi connectivity index (χ1v) is 12.5. The van der Waals surface area contributed by atoms with E-state index in [0.717, 1.165) is 50.0 Å². The molecule has 1 saturated heterocycles. The predicted molar refractivity (Wildman–Crippen MR) is 127 cm³/mol. The fourth-order valence-electron chi connectivity index (χ4n) is 5.49. The van der Waals surface area contributed by atoms with Crippen molar-refractivity contribution in [1.29, 1.82) is 0 Å². The average molecular weight is 507 g/mol. The van der Waals surface area contributed by atoms with Gasteiger partial charge in [0.15, 0.2) is 0 Å². The number of halogens is 3. The third-order valence-corrected chi connectivity index (χ3v) is 7.56. The van der Waals surface area contributed by atoms with Gasteiger partial charge in [-0.3, -0.25) is 9.69 Å². The SMILES string of the molecule is Cc1ccc(CN2CCC3(CC2)CC(CC(=O)NCC2CC2)c2ccccc23)o1.O=C(O)C(F)(F)F. The molecule has 1 atom stereocenters. The molecule has 1 amide bonds. The lowest BCUT2D eigenvalue weighted by molar-refractivity contribution is -0.192. The summed E-state index contributed by atoms with van der Waals surface area (Å²) in [7, 11) is 0. The number of alkyl halides is 3. The molecule has 1 saturated carbocycles. The van der Waals surface area contributed by atoms with Crippen LogP contribution in [0.25, 0.3) is 0 Å². The first kappa shape index (κ1) is 26.3. The summed E-state index contributed by atoms with van der Waals surface area (Å²) in [6, 6.07) is 13.0. The van der Waals surface area contributed by atoms with Crippen LogP contribution in [0.15, 0.2) is 40.8 Å². The van der Waals surface area contributed by atoms with Crippen molar-refractivity contribution in [2.75, 3.05) is 19.6 Å². The van der Waals surface area contributed by atoms with Gasteiger partial charge in [0.2, 0.25) is 5.91 Å². The van der Waals surface area contributed by atoms with E-state index in [9.17, 15) is 18.0 Å². The standard InChI is InChI=1S/C25H32N2O2.C2HF3O2/c1-18-6-9-21(29-18)17-27-12-10-25(11-13-27)15-20(22-4-2-3-5-23(22)25)14-24(28)26-16-19-7-8-19;3-2(4,5)1(6)7/h2-6,9,19-20H,7-8,10-17H2,1H3,(H,26,28);(H,6,7). The molecule has 0 bridgehead atoms.